The number of aromatic nitrogens is 4. The molecule has 0 spiro atoms. The number of aromatic amines is 1. The van der Waals surface area contributed by atoms with Crippen molar-refractivity contribution in [2.24, 2.45) is 0 Å². The van der Waals surface area contributed by atoms with Crippen LogP contribution in [0.25, 0.3) is 11.0 Å². The molecular formula is C26H22N6O. The molecule has 1 aliphatic heterocycles. The van der Waals surface area contributed by atoms with E-state index in [1.54, 1.807) is 0 Å². The summed E-state index contributed by atoms with van der Waals surface area (Å²) in [5.41, 5.74) is 3.90. The molecule has 0 atom stereocenters. The number of nitrogens with one attached hydrogen (secondary N) is 2. The van der Waals surface area contributed by atoms with Crippen LogP contribution in [0.3, 0.4) is 0 Å². The fourth-order valence-corrected chi connectivity index (χ4v) is 4.10. The van der Waals surface area contributed by atoms with E-state index in [4.69, 9.17) is 9.72 Å². The van der Waals surface area contributed by atoms with Gasteiger partial charge in [0, 0.05) is 25.2 Å². The van der Waals surface area contributed by atoms with Gasteiger partial charge in [-0.15, -0.1) is 0 Å². The lowest BCUT2D eigenvalue weighted by molar-refractivity contribution is 0.483. The summed E-state index contributed by atoms with van der Waals surface area (Å²) in [6, 6.07) is 27.9. The minimum atomic E-state index is 0.521. The summed E-state index contributed by atoms with van der Waals surface area (Å²) in [7, 11) is 0. The number of hydrogen-bond donors (Lipinski definition) is 2. The Morgan fingerprint density at radius 1 is 0.848 bits per heavy atom. The average molecular weight is 435 g/mol. The summed E-state index contributed by atoms with van der Waals surface area (Å²) in [4.78, 5) is 11.8. The SMILES string of the molecule is c1ccc(CN2CCc3[nH]nc4nc(Nc5ccc(Oc6ccccc6)cc5)nc2c34)cc1. The van der Waals surface area contributed by atoms with Crippen molar-refractivity contribution in [2.45, 2.75) is 13.0 Å². The molecule has 0 unspecified atom stereocenters. The topological polar surface area (TPSA) is 79.0 Å². The summed E-state index contributed by atoms with van der Waals surface area (Å²) in [6.07, 6.45) is 0.898. The molecule has 2 N–H and O–H groups in total. The van der Waals surface area contributed by atoms with Crippen LogP contribution in [0.4, 0.5) is 17.5 Å². The van der Waals surface area contributed by atoms with Crippen LogP contribution < -0.4 is 15.0 Å². The van der Waals surface area contributed by atoms with Gasteiger partial charge in [-0.3, -0.25) is 5.10 Å². The van der Waals surface area contributed by atoms with Gasteiger partial charge in [-0.05, 0) is 42.0 Å². The number of para-hydroxylation sites is 1. The normalized spacial score (nSPS) is 12.7. The summed E-state index contributed by atoms with van der Waals surface area (Å²) < 4.78 is 5.88. The maximum atomic E-state index is 5.88. The van der Waals surface area contributed by atoms with Gasteiger partial charge >= 0.3 is 0 Å². The van der Waals surface area contributed by atoms with Gasteiger partial charge in [0.05, 0.1) is 11.1 Å². The fourth-order valence-electron chi connectivity index (χ4n) is 4.10. The Balaban J connectivity index is 1.26. The summed E-state index contributed by atoms with van der Waals surface area (Å²) in [5, 5.41) is 11.9. The molecule has 0 fully saturated rings. The van der Waals surface area contributed by atoms with E-state index in [1.165, 1.54) is 5.56 Å². The Labute approximate surface area is 191 Å². The fraction of sp³-hybridized carbons (Fsp3) is 0.115. The predicted molar refractivity (Wildman–Crippen MR) is 129 cm³/mol. The Morgan fingerprint density at radius 3 is 2.36 bits per heavy atom. The van der Waals surface area contributed by atoms with E-state index in [1.807, 2.05) is 60.7 Å². The number of rotatable bonds is 6. The second-order valence-corrected chi connectivity index (χ2v) is 7.99. The minimum Gasteiger partial charge on any atom is -0.457 e. The molecule has 6 rings (SSSR count). The zero-order valence-electron chi connectivity index (χ0n) is 17.9. The maximum Gasteiger partial charge on any atom is 0.231 e. The van der Waals surface area contributed by atoms with Crippen molar-refractivity contribution < 1.29 is 4.74 Å². The molecular weight excluding hydrogens is 412 g/mol. The summed E-state index contributed by atoms with van der Waals surface area (Å²) >= 11 is 0. The first-order chi connectivity index (χ1) is 16.3. The second kappa shape index (κ2) is 8.27. The summed E-state index contributed by atoms with van der Waals surface area (Å²) in [5.74, 6) is 3.00. The lowest BCUT2D eigenvalue weighted by atomic mass is 10.1. The molecule has 2 aromatic heterocycles. The first kappa shape index (κ1) is 19.3. The molecule has 5 aromatic rings. The molecule has 0 bridgehead atoms. The van der Waals surface area contributed by atoms with Crippen LogP contribution in [0.15, 0.2) is 84.9 Å². The van der Waals surface area contributed by atoms with Crippen molar-refractivity contribution >= 4 is 28.5 Å². The van der Waals surface area contributed by atoms with Crippen LogP contribution in [0.5, 0.6) is 11.5 Å². The molecule has 0 saturated heterocycles. The van der Waals surface area contributed by atoms with Crippen LogP contribution in [0, 0.1) is 0 Å². The highest BCUT2D eigenvalue weighted by atomic mass is 16.5. The van der Waals surface area contributed by atoms with Crippen LogP contribution in [0.2, 0.25) is 0 Å². The Hall–Kier alpha value is -4.39. The number of anilines is 3. The van der Waals surface area contributed by atoms with E-state index in [0.29, 0.717) is 11.6 Å². The van der Waals surface area contributed by atoms with Gasteiger partial charge in [0.1, 0.15) is 17.3 Å². The molecule has 33 heavy (non-hydrogen) atoms. The number of benzene rings is 3. The van der Waals surface area contributed by atoms with Crippen molar-refractivity contribution in [3.05, 3.63) is 96.2 Å². The van der Waals surface area contributed by atoms with Crippen molar-refractivity contribution in [1.29, 1.82) is 0 Å². The molecule has 0 amide bonds. The van der Waals surface area contributed by atoms with Crippen LogP contribution >= 0.6 is 0 Å². The van der Waals surface area contributed by atoms with Crippen LogP contribution in [-0.2, 0) is 13.0 Å². The molecule has 0 saturated carbocycles. The van der Waals surface area contributed by atoms with Crippen molar-refractivity contribution in [3.8, 4) is 11.5 Å². The first-order valence-corrected chi connectivity index (χ1v) is 11.0. The van der Waals surface area contributed by atoms with Crippen LogP contribution in [0.1, 0.15) is 11.3 Å². The molecule has 162 valence electrons. The van der Waals surface area contributed by atoms with E-state index < -0.39 is 0 Å². The first-order valence-electron chi connectivity index (χ1n) is 11.0. The van der Waals surface area contributed by atoms with Crippen molar-refractivity contribution in [1.82, 2.24) is 20.2 Å². The number of H-pyrrole nitrogens is 1. The highest BCUT2D eigenvalue weighted by molar-refractivity contribution is 5.92. The van der Waals surface area contributed by atoms with Crippen molar-refractivity contribution in [3.63, 3.8) is 0 Å². The molecule has 1 aliphatic rings. The van der Waals surface area contributed by atoms with Gasteiger partial charge in [-0.2, -0.15) is 15.1 Å². The summed E-state index contributed by atoms with van der Waals surface area (Å²) in [6.45, 7) is 1.67. The van der Waals surface area contributed by atoms with E-state index in [-0.39, 0.29) is 0 Å². The number of hydrogen-bond acceptors (Lipinski definition) is 6. The second-order valence-electron chi connectivity index (χ2n) is 7.99. The van der Waals surface area contributed by atoms with Gasteiger partial charge in [0.25, 0.3) is 0 Å². The smallest absolute Gasteiger partial charge is 0.231 e. The van der Waals surface area contributed by atoms with E-state index in [9.17, 15) is 0 Å². The van der Waals surface area contributed by atoms with Gasteiger partial charge in [-0.1, -0.05) is 48.5 Å². The number of ether oxygens (including phenoxy) is 1. The monoisotopic (exact) mass is 434 g/mol. The largest absolute Gasteiger partial charge is 0.457 e. The molecule has 0 radical (unpaired) electrons. The lowest BCUT2D eigenvalue weighted by Crippen LogP contribution is -2.29. The predicted octanol–water partition coefficient (Wildman–Crippen LogP) is 5.45. The third-order valence-electron chi connectivity index (χ3n) is 5.71. The standard InChI is InChI=1S/C26H22N6O/c1-3-7-18(8-4-1)17-32-16-15-22-23-24(31-30-22)28-26(29-25(23)32)27-19-11-13-21(14-12-19)33-20-9-5-2-6-10-20/h1-14H,15-17H2,(H2,27,28,29,30,31). The number of nitrogens with zero attached hydrogens (tertiary/aromatic N) is 4. The minimum absolute atomic E-state index is 0.521. The lowest BCUT2D eigenvalue weighted by Gasteiger charge is -2.28. The molecule has 7 nitrogen and oxygen atoms in total. The van der Waals surface area contributed by atoms with Gasteiger partial charge in [0.2, 0.25) is 5.95 Å². The Morgan fingerprint density at radius 2 is 1.58 bits per heavy atom. The molecule has 3 aromatic carbocycles. The average Bonchev–Trinajstić information content (AvgIpc) is 3.27. The zero-order chi connectivity index (χ0) is 22.0. The maximum absolute atomic E-state index is 5.88. The Bertz CT molecular complexity index is 1380. The highest BCUT2D eigenvalue weighted by Gasteiger charge is 2.24. The quantitative estimate of drug-likeness (QED) is 0.370. The van der Waals surface area contributed by atoms with Crippen molar-refractivity contribution in [2.75, 3.05) is 16.8 Å². The van der Waals surface area contributed by atoms with E-state index >= 15 is 0 Å². The molecule has 7 heteroatoms. The molecule has 0 aliphatic carbocycles. The van der Waals surface area contributed by atoms with Gasteiger partial charge < -0.3 is 15.0 Å². The van der Waals surface area contributed by atoms with Crippen LogP contribution in [-0.4, -0.2) is 26.7 Å². The molecule has 3 heterocycles. The Kier molecular flexibility index (Phi) is 4.84. The third-order valence-corrected chi connectivity index (χ3v) is 5.71. The van der Waals surface area contributed by atoms with E-state index in [2.05, 4.69) is 49.7 Å². The van der Waals surface area contributed by atoms with Gasteiger partial charge in [0.15, 0.2) is 5.65 Å². The third kappa shape index (κ3) is 3.96. The highest BCUT2D eigenvalue weighted by Crippen LogP contribution is 2.33. The van der Waals surface area contributed by atoms with Gasteiger partial charge in [-0.25, -0.2) is 0 Å². The zero-order valence-corrected chi connectivity index (χ0v) is 17.9. The van der Waals surface area contributed by atoms with E-state index in [0.717, 1.165) is 53.6 Å².